The van der Waals surface area contributed by atoms with Crippen LogP contribution in [0, 0.1) is 11.8 Å². The van der Waals surface area contributed by atoms with Gasteiger partial charge >= 0.3 is 0 Å². The molecule has 1 fully saturated rings. The Kier molecular flexibility index (Phi) is 4.84. The number of anilines is 1. The Labute approximate surface area is 119 Å². The van der Waals surface area contributed by atoms with Gasteiger partial charge in [0.1, 0.15) is 11.5 Å². The molecule has 0 bridgehead atoms. The van der Waals surface area contributed by atoms with Crippen LogP contribution in [0.5, 0.6) is 11.5 Å². The number of methoxy groups -OCH3 is 1. The maximum Gasteiger partial charge on any atom is 0.227 e. The monoisotopic (exact) mass is 278 g/mol. The summed E-state index contributed by atoms with van der Waals surface area (Å²) < 4.78 is 10.7. The molecule has 110 valence electrons. The molecule has 1 unspecified atom stereocenters. The molecule has 1 amide bonds. The van der Waals surface area contributed by atoms with Gasteiger partial charge in [-0.2, -0.15) is 0 Å². The van der Waals surface area contributed by atoms with E-state index in [9.17, 15) is 4.79 Å². The van der Waals surface area contributed by atoms with Crippen molar-refractivity contribution in [3.05, 3.63) is 18.2 Å². The number of ether oxygens (including phenoxy) is 2. The molecule has 1 aromatic rings. The zero-order chi connectivity index (χ0) is 14.5. The fourth-order valence-electron chi connectivity index (χ4n) is 2.14. The molecule has 1 heterocycles. The van der Waals surface area contributed by atoms with Gasteiger partial charge in [0, 0.05) is 12.0 Å². The summed E-state index contributed by atoms with van der Waals surface area (Å²) in [6.45, 7) is 6.24. The largest absolute Gasteiger partial charge is 0.497 e. The van der Waals surface area contributed by atoms with Crippen molar-refractivity contribution in [1.82, 2.24) is 5.32 Å². The average Bonchev–Trinajstić information content (AvgIpc) is 2.38. The minimum Gasteiger partial charge on any atom is -0.497 e. The SMILES string of the molecule is CCOc1ccc(OC)cc1NC(=O)C(C)C1CNC1. The fraction of sp³-hybridized carbons (Fsp3) is 0.533. The van der Waals surface area contributed by atoms with Gasteiger partial charge in [0.2, 0.25) is 5.91 Å². The number of carbonyl (C=O) groups excluding carboxylic acids is 1. The molecule has 0 spiro atoms. The lowest BCUT2D eigenvalue weighted by atomic mass is 9.88. The number of hydrogen-bond donors (Lipinski definition) is 2. The van der Waals surface area contributed by atoms with E-state index in [0.717, 1.165) is 13.1 Å². The molecule has 1 aromatic carbocycles. The maximum atomic E-state index is 12.3. The highest BCUT2D eigenvalue weighted by Gasteiger charge is 2.29. The van der Waals surface area contributed by atoms with Crippen LogP contribution in [0.3, 0.4) is 0 Å². The molecule has 1 aliphatic heterocycles. The number of amides is 1. The van der Waals surface area contributed by atoms with Crippen LogP contribution in [0.2, 0.25) is 0 Å². The zero-order valence-corrected chi connectivity index (χ0v) is 12.2. The molecule has 0 radical (unpaired) electrons. The Hall–Kier alpha value is -1.75. The summed E-state index contributed by atoms with van der Waals surface area (Å²) in [5.74, 6) is 1.78. The molecular formula is C15H22N2O3. The number of carbonyl (C=O) groups is 1. The number of hydrogen-bond acceptors (Lipinski definition) is 4. The van der Waals surface area contributed by atoms with Gasteiger partial charge in [0.05, 0.1) is 19.4 Å². The Morgan fingerprint density at radius 2 is 2.25 bits per heavy atom. The molecule has 1 saturated heterocycles. The molecule has 2 rings (SSSR count). The third-order valence-corrected chi connectivity index (χ3v) is 3.68. The minimum absolute atomic E-state index is 0.0167. The predicted octanol–water partition coefficient (Wildman–Crippen LogP) is 1.89. The first-order valence-corrected chi connectivity index (χ1v) is 6.98. The Balaban J connectivity index is 2.11. The van der Waals surface area contributed by atoms with Gasteiger partial charge in [0.15, 0.2) is 0 Å². The second-order valence-electron chi connectivity index (χ2n) is 4.99. The van der Waals surface area contributed by atoms with E-state index in [1.165, 1.54) is 0 Å². The lowest BCUT2D eigenvalue weighted by molar-refractivity contribution is -0.121. The fourth-order valence-corrected chi connectivity index (χ4v) is 2.14. The summed E-state index contributed by atoms with van der Waals surface area (Å²) in [7, 11) is 1.60. The number of nitrogens with one attached hydrogen (secondary N) is 2. The van der Waals surface area contributed by atoms with Gasteiger partial charge in [-0.25, -0.2) is 0 Å². The van der Waals surface area contributed by atoms with Crippen LogP contribution in [0.1, 0.15) is 13.8 Å². The third-order valence-electron chi connectivity index (χ3n) is 3.68. The van der Waals surface area contributed by atoms with E-state index in [4.69, 9.17) is 9.47 Å². The second-order valence-corrected chi connectivity index (χ2v) is 4.99. The van der Waals surface area contributed by atoms with Crippen molar-refractivity contribution in [2.75, 3.05) is 32.1 Å². The first kappa shape index (κ1) is 14.7. The van der Waals surface area contributed by atoms with Crippen molar-refractivity contribution in [3.8, 4) is 11.5 Å². The van der Waals surface area contributed by atoms with E-state index >= 15 is 0 Å². The molecule has 0 aromatic heterocycles. The van der Waals surface area contributed by atoms with E-state index in [0.29, 0.717) is 29.7 Å². The number of benzene rings is 1. The molecule has 5 heteroatoms. The first-order valence-electron chi connectivity index (χ1n) is 6.98. The molecule has 1 aliphatic rings. The van der Waals surface area contributed by atoms with Gasteiger partial charge in [-0.15, -0.1) is 0 Å². The van der Waals surface area contributed by atoms with E-state index in [2.05, 4.69) is 10.6 Å². The predicted molar refractivity (Wildman–Crippen MR) is 78.3 cm³/mol. The quantitative estimate of drug-likeness (QED) is 0.834. The summed E-state index contributed by atoms with van der Waals surface area (Å²) in [6, 6.07) is 5.42. The van der Waals surface area contributed by atoms with Crippen molar-refractivity contribution in [1.29, 1.82) is 0 Å². The molecular weight excluding hydrogens is 256 g/mol. The van der Waals surface area contributed by atoms with E-state index in [1.54, 1.807) is 13.2 Å². The van der Waals surface area contributed by atoms with Crippen molar-refractivity contribution in [2.24, 2.45) is 11.8 Å². The highest BCUT2D eigenvalue weighted by molar-refractivity contribution is 5.94. The summed E-state index contributed by atoms with van der Waals surface area (Å²) in [4.78, 5) is 12.3. The van der Waals surface area contributed by atoms with Crippen molar-refractivity contribution in [3.63, 3.8) is 0 Å². The zero-order valence-electron chi connectivity index (χ0n) is 12.2. The topological polar surface area (TPSA) is 59.6 Å². The van der Waals surface area contributed by atoms with Crippen LogP contribution in [-0.2, 0) is 4.79 Å². The summed E-state index contributed by atoms with van der Waals surface area (Å²) in [6.07, 6.45) is 0. The van der Waals surface area contributed by atoms with Crippen LogP contribution < -0.4 is 20.1 Å². The van der Waals surface area contributed by atoms with Crippen LogP contribution in [-0.4, -0.2) is 32.7 Å². The Morgan fingerprint density at radius 1 is 1.50 bits per heavy atom. The lowest BCUT2D eigenvalue weighted by Crippen LogP contribution is -2.48. The van der Waals surface area contributed by atoms with Gasteiger partial charge in [0.25, 0.3) is 0 Å². The van der Waals surface area contributed by atoms with Gasteiger partial charge in [-0.3, -0.25) is 4.79 Å². The summed E-state index contributed by atoms with van der Waals surface area (Å²) in [5, 5.41) is 6.13. The molecule has 5 nitrogen and oxygen atoms in total. The third kappa shape index (κ3) is 3.22. The van der Waals surface area contributed by atoms with E-state index < -0.39 is 0 Å². The van der Waals surface area contributed by atoms with E-state index in [-0.39, 0.29) is 11.8 Å². The highest BCUT2D eigenvalue weighted by Crippen LogP contribution is 2.30. The maximum absolute atomic E-state index is 12.3. The van der Waals surface area contributed by atoms with Crippen LogP contribution in [0.15, 0.2) is 18.2 Å². The van der Waals surface area contributed by atoms with Gasteiger partial charge in [-0.1, -0.05) is 6.92 Å². The van der Waals surface area contributed by atoms with Crippen molar-refractivity contribution >= 4 is 11.6 Å². The molecule has 20 heavy (non-hydrogen) atoms. The first-order chi connectivity index (χ1) is 9.65. The molecule has 0 saturated carbocycles. The van der Waals surface area contributed by atoms with Crippen molar-refractivity contribution in [2.45, 2.75) is 13.8 Å². The lowest BCUT2D eigenvalue weighted by Gasteiger charge is -2.31. The van der Waals surface area contributed by atoms with Crippen LogP contribution >= 0.6 is 0 Å². The minimum atomic E-state index is -0.0167. The Morgan fingerprint density at radius 3 is 2.80 bits per heavy atom. The summed E-state index contributed by atoms with van der Waals surface area (Å²) in [5.41, 5.74) is 0.662. The molecule has 1 atom stereocenters. The summed E-state index contributed by atoms with van der Waals surface area (Å²) >= 11 is 0. The Bertz CT molecular complexity index is 472. The van der Waals surface area contributed by atoms with Crippen LogP contribution in [0.4, 0.5) is 5.69 Å². The van der Waals surface area contributed by atoms with Gasteiger partial charge in [-0.05, 0) is 38.1 Å². The van der Waals surface area contributed by atoms with Crippen molar-refractivity contribution < 1.29 is 14.3 Å². The standard InChI is InChI=1S/C15H22N2O3/c1-4-20-14-6-5-12(19-3)7-13(14)17-15(18)10(2)11-8-16-9-11/h5-7,10-11,16H,4,8-9H2,1-3H3,(H,17,18). The molecule has 2 N–H and O–H groups in total. The van der Waals surface area contributed by atoms with E-state index in [1.807, 2.05) is 26.0 Å². The highest BCUT2D eigenvalue weighted by atomic mass is 16.5. The average molecular weight is 278 g/mol. The number of rotatable bonds is 6. The molecule has 0 aliphatic carbocycles. The van der Waals surface area contributed by atoms with Gasteiger partial charge < -0.3 is 20.1 Å². The smallest absolute Gasteiger partial charge is 0.227 e. The normalized spacial score (nSPS) is 16.1. The van der Waals surface area contributed by atoms with Crippen LogP contribution in [0.25, 0.3) is 0 Å². The second kappa shape index (κ2) is 6.61.